The highest BCUT2D eigenvalue weighted by atomic mass is 79.9. The summed E-state index contributed by atoms with van der Waals surface area (Å²) in [6.45, 7) is 2.75. The van der Waals surface area contributed by atoms with Gasteiger partial charge < -0.3 is 9.73 Å². The molecule has 1 aromatic carbocycles. The Morgan fingerprint density at radius 2 is 2.10 bits per heavy atom. The number of fused-ring (bicyclic) bond motifs is 1. The number of benzene rings is 1. The van der Waals surface area contributed by atoms with E-state index >= 15 is 0 Å². The molecule has 0 atom stereocenters. The van der Waals surface area contributed by atoms with E-state index < -0.39 is 0 Å². The molecule has 2 aromatic rings. The van der Waals surface area contributed by atoms with Crippen molar-refractivity contribution < 1.29 is 9.21 Å². The number of alkyl halides is 1. The van der Waals surface area contributed by atoms with Gasteiger partial charge in [0.15, 0.2) is 5.76 Å². The Morgan fingerprint density at radius 3 is 2.81 bits per heavy atom. The summed E-state index contributed by atoms with van der Waals surface area (Å²) < 4.78 is 5.64. The number of hydrogen-bond acceptors (Lipinski definition) is 2. The van der Waals surface area contributed by atoms with Gasteiger partial charge in [-0.1, -0.05) is 40.4 Å². The molecule has 0 aliphatic heterocycles. The molecule has 1 aliphatic rings. The second-order valence-corrected chi connectivity index (χ2v) is 6.74. The fourth-order valence-corrected chi connectivity index (χ4v) is 3.87. The first-order chi connectivity index (χ1) is 10.1. The third-order valence-electron chi connectivity index (χ3n) is 4.47. The van der Waals surface area contributed by atoms with Crippen LogP contribution in [0, 0.1) is 12.3 Å². The van der Waals surface area contributed by atoms with Crippen molar-refractivity contribution in [2.24, 2.45) is 5.41 Å². The third-order valence-corrected chi connectivity index (χ3v) is 5.66. The summed E-state index contributed by atoms with van der Waals surface area (Å²) in [7, 11) is 0. The quantitative estimate of drug-likeness (QED) is 0.829. The molecule has 1 heterocycles. The summed E-state index contributed by atoms with van der Waals surface area (Å²) in [5, 5.41) is 4.97. The van der Waals surface area contributed by atoms with Gasteiger partial charge in [-0.3, -0.25) is 4.79 Å². The van der Waals surface area contributed by atoms with E-state index in [9.17, 15) is 4.79 Å². The number of hydrogen-bond donors (Lipinski definition) is 1. The molecule has 1 aliphatic carbocycles. The lowest BCUT2D eigenvalue weighted by molar-refractivity contribution is 0.0910. The van der Waals surface area contributed by atoms with Gasteiger partial charge in [-0.05, 0) is 43.4 Å². The van der Waals surface area contributed by atoms with Crippen molar-refractivity contribution in [3.05, 3.63) is 35.6 Å². The average molecular weight is 350 g/mol. The van der Waals surface area contributed by atoms with Gasteiger partial charge in [0, 0.05) is 17.3 Å². The molecule has 0 radical (unpaired) electrons. The molecule has 3 rings (SSSR count). The maximum Gasteiger partial charge on any atom is 0.287 e. The number of rotatable bonds is 4. The van der Waals surface area contributed by atoms with Crippen LogP contribution >= 0.6 is 15.9 Å². The maximum absolute atomic E-state index is 12.3. The molecule has 0 bridgehead atoms. The van der Waals surface area contributed by atoms with Crippen LogP contribution < -0.4 is 5.32 Å². The van der Waals surface area contributed by atoms with Crippen LogP contribution in [0.5, 0.6) is 0 Å². The first-order valence-corrected chi connectivity index (χ1v) is 8.58. The Bertz CT molecular complexity index is 656. The van der Waals surface area contributed by atoms with E-state index in [1.165, 1.54) is 31.2 Å². The normalized spacial score (nSPS) is 17.2. The van der Waals surface area contributed by atoms with Crippen molar-refractivity contribution in [1.29, 1.82) is 0 Å². The Morgan fingerprint density at radius 1 is 1.33 bits per heavy atom. The Kier molecular flexibility index (Phi) is 4.07. The zero-order valence-electron chi connectivity index (χ0n) is 12.2. The van der Waals surface area contributed by atoms with Crippen molar-refractivity contribution in [1.82, 2.24) is 5.32 Å². The fourth-order valence-electron chi connectivity index (χ4n) is 3.11. The van der Waals surface area contributed by atoms with Gasteiger partial charge in [0.25, 0.3) is 5.91 Å². The third kappa shape index (κ3) is 3.00. The van der Waals surface area contributed by atoms with Crippen molar-refractivity contribution >= 4 is 32.8 Å². The summed E-state index contributed by atoms with van der Waals surface area (Å²) >= 11 is 3.60. The van der Waals surface area contributed by atoms with Crippen molar-refractivity contribution in [3.63, 3.8) is 0 Å². The molecule has 0 unspecified atom stereocenters. The van der Waals surface area contributed by atoms with E-state index in [0.29, 0.717) is 12.3 Å². The predicted octanol–water partition coefficient (Wildman–Crippen LogP) is 4.43. The van der Waals surface area contributed by atoms with Crippen LogP contribution in [0.1, 0.15) is 41.8 Å². The van der Waals surface area contributed by atoms with E-state index in [-0.39, 0.29) is 11.3 Å². The van der Waals surface area contributed by atoms with Gasteiger partial charge in [-0.25, -0.2) is 0 Å². The van der Waals surface area contributed by atoms with E-state index in [0.717, 1.165) is 16.3 Å². The van der Waals surface area contributed by atoms with E-state index in [1.807, 2.05) is 31.2 Å². The molecule has 21 heavy (non-hydrogen) atoms. The predicted molar refractivity (Wildman–Crippen MR) is 88.0 cm³/mol. The van der Waals surface area contributed by atoms with Gasteiger partial charge in [-0.15, -0.1) is 0 Å². The number of furan rings is 1. The number of amides is 1. The number of carbonyl (C=O) groups excluding carboxylic acids is 1. The zero-order valence-corrected chi connectivity index (χ0v) is 13.8. The van der Waals surface area contributed by atoms with Crippen LogP contribution in [-0.2, 0) is 0 Å². The van der Waals surface area contributed by atoms with Crippen LogP contribution in [-0.4, -0.2) is 17.8 Å². The largest absolute Gasteiger partial charge is 0.451 e. The lowest BCUT2D eigenvalue weighted by Crippen LogP contribution is -2.36. The lowest BCUT2D eigenvalue weighted by atomic mass is 9.89. The maximum atomic E-state index is 12.3. The van der Waals surface area contributed by atoms with Gasteiger partial charge in [-0.2, -0.15) is 0 Å². The summed E-state index contributed by atoms with van der Waals surface area (Å²) in [6, 6.07) is 7.77. The Labute approximate surface area is 133 Å². The summed E-state index contributed by atoms with van der Waals surface area (Å²) in [5.41, 5.74) is 2.15. The first-order valence-electron chi connectivity index (χ1n) is 7.46. The van der Waals surface area contributed by atoms with E-state index in [2.05, 4.69) is 21.2 Å². The second-order valence-electron chi connectivity index (χ2n) is 6.18. The fraction of sp³-hybridized carbons (Fsp3) is 0.471. The molecule has 1 N–H and O–H groups in total. The molecule has 0 saturated heterocycles. The standard InChI is InChI=1S/C17H20BrNO2/c1-12-4-5-14-13(8-12)9-15(21-14)16(20)19-11-17(10-18)6-2-3-7-17/h4-5,8-9H,2-3,6-7,10-11H2,1H3,(H,19,20). The van der Waals surface area contributed by atoms with Gasteiger partial charge in [0.05, 0.1) is 0 Å². The molecular formula is C17H20BrNO2. The molecular weight excluding hydrogens is 330 g/mol. The van der Waals surface area contributed by atoms with Crippen LogP contribution in [0.4, 0.5) is 0 Å². The van der Waals surface area contributed by atoms with Gasteiger partial charge in [0.2, 0.25) is 0 Å². The second kappa shape index (κ2) is 5.84. The van der Waals surface area contributed by atoms with Gasteiger partial charge in [0.1, 0.15) is 5.58 Å². The average Bonchev–Trinajstić information content (AvgIpc) is 3.11. The molecule has 4 heteroatoms. The number of carbonyl (C=O) groups is 1. The topological polar surface area (TPSA) is 42.2 Å². The highest BCUT2D eigenvalue weighted by Crippen LogP contribution is 2.39. The van der Waals surface area contributed by atoms with Crippen LogP contribution in [0.25, 0.3) is 11.0 Å². The molecule has 1 amide bonds. The Balaban J connectivity index is 1.72. The minimum atomic E-state index is -0.115. The molecule has 1 aromatic heterocycles. The molecule has 3 nitrogen and oxygen atoms in total. The minimum absolute atomic E-state index is 0.115. The van der Waals surface area contributed by atoms with Crippen molar-refractivity contribution in [2.75, 3.05) is 11.9 Å². The molecule has 1 fully saturated rings. The number of halogens is 1. The summed E-state index contributed by atoms with van der Waals surface area (Å²) in [5.74, 6) is 0.286. The first kappa shape index (κ1) is 14.6. The number of nitrogens with one attached hydrogen (secondary N) is 1. The smallest absolute Gasteiger partial charge is 0.287 e. The highest BCUT2D eigenvalue weighted by molar-refractivity contribution is 9.09. The monoisotopic (exact) mass is 349 g/mol. The molecule has 112 valence electrons. The zero-order chi connectivity index (χ0) is 14.9. The van der Waals surface area contributed by atoms with Gasteiger partial charge >= 0.3 is 0 Å². The van der Waals surface area contributed by atoms with Crippen molar-refractivity contribution in [3.8, 4) is 0 Å². The lowest BCUT2D eigenvalue weighted by Gasteiger charge is -2.26. The molecule has 0 spiro atoms. The van der Waals surface area contributed by atoms with Crippen molar-refractivity contribution in [2.45, 2.75) is 32.6 Å². The minimum Gasteiger partial charge on any atom is -0.451 e. The number of aryl methyl sites for hydroxylation is 1. The highest BCUT2D eigenvalue weighted by Gasteiger charge is 2.33. The summed E-state index contributed by atoms with van der Waals surface area (Å²) in [6.07, 6.45) is 4.87. The van der Waals surface area contributed by atoms with Crippen LogP contribution in [0.2, 0.25) is 0 Å². The van der Waals surface area contributed by atoms with Crippen LogP contribution in [0.3, 0.4) is 0 Å². The molecule has 1 saturated carbocycles. The Hall–Kier alpha value is -1.29. The van der Waals surface area contributed by atoms with E-state index in [1.54, 1.807) is 0 Å². The SMILES string of the molecule is Cc1ccc2oc(C(=O)NCC3(CBr)CCCC3)cc2c1. The summed E-state index contributed by atoms with van der Waals surface area (Å²) in [4.78, 5) is 12.3. The van der Waals surface area contributed by atoms with E-state index in [4.69, 9.17) is 4.42 Å². The van der Waals surface area contributed by atoms with Crippen LogP contribution in [0.15, 0.2) is 28.7 Å².